The summed E-state index contributed by atoms with van der Waals surface area (Å²) in [6.07, 6.45) is 3.56. The molecule has 3 nitrogen and oxygen atoms in total. The Labute approximate surface area is 78.7 Å². The van der Waals surface area contributed by atoms with Crippen LogP contribution in [-0.2, 0) is 6.54 Å². The Bertz CT molecular complexity index is 245. The summed E-state index contributed by atoms with van der Waals surface area (Å²) in [5.41, 5.74) is 1.27. The molecule has 0 aromatic carbocycles. The van der Waals surface area contributed by atoms with Gasteiger partial charge in [0.05, 0.1) is 12.5 Å². The van der Waals surface area contributed by atoms with Gasteiger partial charge in [-0.15, -0.1) is 0 Å². The van der Waals surface area contributed by atoms with Crippen LogP contribution < -0.4 is 5.32 Å². The summed E-state index contributed by atoms with van der Waals surface area (Å²) >= 11 is 0. The number of rotatable bonds is 2. The van der Waals surface area contributed by atoms with Crippen LogP contribution in [0.2, 0.25) is 0 Å². The molecule has 0 bridgehead atoms. The van der Waals surface area contributed by atoms with E-state index < -0.39 is 0 Å². The molecule has 13 heavy (non-hydrogen) atoms. The molecular weight excluding hydrogens is 164 g/mol. The lowest BCUT2D eigenvalue weighted by atomic mass is 10.2. The van der Waals surface area contributed by atoms with E-state index in [0.717, 1.165) is 26.2 Å². The first-order valence-corrected chi connectivity index (χ1v) is 4.81. The van der Waals surface area contributed by atoms with Gasteiger partial charge in [0.2, 0.25) is 0 Å². The summed E-state index contributed by atoms with van der Waals surface area (Å²) in [5, 5.41) is 3.43. The quantitative estimate of drug-likeness (QED) is 0.738. The van der Waals surface area contributed by atoms with Crippen LogP contribution in [0.3, 0.4) is 0 Å². The van der Waals surface area contributed by atoms with Gasteiger partial charge in [0.1, 0.15) is 0 Å². The molecule has 1 aromatic rings. The Kier molecular flexibility index (Phi) is 2.66. The third-order valence-electron chi connectivity index (χ3n) is 2.44. The van der Waals surface area contributed by atoms with Crippen molar-refractivity contribution in [2.45, 2.75) is 19.5 Å². The minimum atomic E-state index is 0.612. The van der Waals surface area contributed by atoms with Crippen molar-refractivity contribution in [3.8, 4) is 0 Å². The van der Waals surface area contributed by atoms with Crippen LogP contribution in [0, 0.1) is 0 Å². The molecule has 2 heterocycles. The van der Waals surface area contributed by atoms with Gasteiger partial charge in [0, 0.05) is 37.8 Å². The van der Waals surface area contributed by atoms with Gasteiger partial charge >= 0.3 is 0 Å². The molecule has 3 heteroatoms. The number of nitrogens with one attached hydrogen (secondary N) is 1. The first kappa shape index (κ1) is 8.78. The van der Waals surface area contributed by atoms with Gasteiger partial charge in [-0.2, -0.15) is 0 Å². The monoisotopic (exact) mass is 180 g/mol. The minimum Gasteiger partial charge on any atom is -0.472 e. The molecule has 2 rings (SSSR count). The van der Waals surface area contributed by atoms with Crippen LogP contribution in [0.15, 0.2) is 23.0 Å². The highest BCUT2D eigenvalue weighted by Crippen LogP contribution is 2.07. The van der Waals surface area contributed by atoms with Crippen molar-refractivity contribution in [3.63, 3.8) is 0 Å². The standard InChI is InChI=1S/C10H16N2O/c1-9-6-12(4-3-11-9)7-10-2-5-13-8-10/h2,5,8-9,11H,3-4,6-7H2,1H3/t9-/m1/s1. The van der Waals surface area contributed by atoms with E-state index in [-0.39, 0.29) is 0 Å². The van der Waals surface area contributed by atoms with Gasteiger partial charge < -0.3 is 9.73 Å². The van der Waals surface area contributed by atoms with E-state index in [0.29, 0.717) is 6.04 Å². The van der Waals surface area contributed by atoms with Crippen molar-refractivity contribution >= 4 is 0 Å². The zero-order valence-electron chi connectivity index (χ0n) is 7.99. The van der Waals surface area contributed by atoms with Crippen LogP contribution in [0.1, 0.15) is 12.5 Å². The second kappa shape index (κ2) is 3.94. The third-order valence-corrected chi connectivity index (χ3v) is 2.44. The van der Waals surface area contributed by atoms with Crippen LogP contribution in [0.4, 0.5) is 0 Å². The van der Waals surface area contributed by atoms with E-state index in [2.05, 4.69) is 17.1 Å². The average molecular weight is 180 g/mol. The van der Waals surface area contributed by atoms with E-state index >= 15 is 0 Å². The van der Waals surface area contributed by atoms with E-state index in [1.165, 1.54) is 5.56 Å². The minimum absolute atomic E-state index is 0.612. The summed E-state index contributed by atoms with van der Waals surface area (Å²) in [6.45, 7) is 6.60. The second-order valence-electron chi connectivity index (χ2n) is 3.72. The molecule has 1 N–H and O–H groups in total. The highest BCUT2D eigenvalue weighted by Gasteiger charge is 2.15. The zero-order valence-corrected chi connectivity index (χ0v) is 7.99. The molecule has 0 amide bonds. The van der Waals surface area contributed by atoms with Crippen molar-refractivity contribution in [3.05, 3.63) is 24.2 Å². The lowest BCUT2D eigenvalue weighted by Crippen LogP contribution is -2.48. The van der Waals surface area contributed by atoms with Gasteiger partial charge in [0.25, 0.3) is 0 Å². The van der Waals surface area contributed by atoms with Crippen molar-refractivity contribution < 1.29 is 4.42 Å². The molecule has 1 aliphatic rings. The van der Waals surface area contributed by atoms with Crippen LogP contribution in [0.5, 0.6) is 0 Å². The molecule has 72 valence electrons. The molecule has 0 saturated carbocycles. The Morgan fingerprint density at radius 2 is 2.62 bits per heavy atom. The molecule has 0 unspecified atom stereocenters. The zero-order chi connectivity index (χ0) is 9.10. The molecule has 0 spiro atoms. The third kappa shape index (κ3) is 2.32. The number of piperazine rings is 1. The number of hydrogen-bond acceptors (Lipinski definition) is 3. The van der Waals surface area contributed by atoms with E-state index in [1.807, 2.05) is 12.3 Å². The lowest BCUT2D eigenvalue weighted by Gasteiger charge is -2.31. The molecule has 1 aliphatic heterocycles. The summed E-state index contributed by atoms with van der Waals surface area (Å²) in [4.78, 5) is 2.45. The first-order valence-electron chi connectivity index (χ1n) is 4.81. The number of nitrogens with zero attached hydrogens (tertiary/aromatic N) is 1. The van der Waals surface area contributed by atoms with Gasteiger partial charge in [-0.05, 0) is 13.0 Å². The predicted octanol–water partition coefficient (Wildman–Crippen LogP) is 1.07. The Hall–Kier alpha value is -0.800. The van der Waals surface area contributed by atoms with E-state index in [9.17, 15) is 0 Å². The fraction of sp³-hybridized carbons (Fsp3) is 0.600. The highest BCUT2D eigenvalue weighted by atomic mass is 16.3. The molecule has 0 aliphatic carbocycles. The fourth-order valence-corrected chi connectivity index (χ4v) is 1.80. The van der Waals surface area contributed by atoms with Crippen molar-refractivity contribution in [2.24, 2.45) is 0 Å². The van der Waals surface area contributed by atoms with E-state index in [4.69, 9.17) is 4.42 Å². The average Bonchev–Trinajstić information content (AvgIpc) is 2.57. The molecule has 1 aromatic heterocycles. The van der Waals surface area contributed by atoms with Gasteiger partial charge in [-0.3, -0.25) is 4.90 Å². The smallest absolute Gasteiger partial charge is 0.0947 e. The van der Waals surface area contributed by atoms with Gasteiger partial charge in [-0.25, -0.2) is 0 Å². The highest BCUT2D eigenvalue weighted by molar-refractivity contribution is 5.05. The normalized spacial score (nSPS) is 24.8. The van der Waals surface area contributed by atoms with Crippen LogP contribution in [0.25, 0.3) is 0 Å². The van der Waals surface area contributed by atoms with Crippen molar-refractivity contribution in [2.75, 3.05) is 19.6 Å². The predicted molar refractivity (Wildman–Crippen MR) is 51.4 cm³/mol. The Morgan fingerprint density at radius 3 is 3.31 bits per heavy atom. The van der Waals surface area contributed by atoms with Crippen LogP contribution in [-0.4, -0.2) is 30.6 Å². The maximum absolute atomic E-state index is 5.04. The summed E-state index contributed by atoms with van der Waals surface area (Å²) in [5.74, 6) is 0. The number of furan rings is 1. The maximum Gasteiger partial charge on any atom is 0.0947 e. The molecule has 1 fully saturated rings. The van der Waals surface area contributed by atoms with Gasteiger partial charge in [0.15, 0.2) is 0 Å². The summed E-state index contributed by atoms with van der Waals surface area (Å²) in [7, 11) is 0. The molecule has 1 saturated heterocycles. The summed E-state index contributed by atoms with van der Waals surface area (Å²) < 4.78 is 5.04. The fourth-order valence-electron chi connectivity index (χ4n) is 1.80. The van der Waals surface area contributed by atoms with Gasteiger partial charge in [-0.1, -0.05) is 0 Å². The van der Waals surface area contributed by atoms with Crippen molar-refractivity contribution in [1.29, 1.82) is 0 Å². The van der Waals surface area contributed by atoms with E-state index in [1.54, 1.807) is 6.26 Å². The maximum atomic E-state index is 5.04. The summed E-state index contributed by atoms with van der Waals surface area (Å²) in [6, 6.07) is 2.65. The number of hydrogen-bond donors (Lipinski definition) is 1. The SMILES string of the molecule is C[C@@H]1CN(Cc2ccoc2)CCN1. The topological polar surface area (TPSA) is 28.4 Å². The van der Waals surface area contributed by atoms with Crippen molar-refractivity contribution in [1.82, 2.24) is 10.2 Å². The molecular formula is C10H16N2O. The molecule has 0 radical (unpaired) electrons. The largest absolute Gasteiger partial charge is 0.472 e. The second-order valence-corrected chi connectivity index (χ2v) is 3.72. The Morgan fingerprint density at radius 1 is 1.69 bits per heavy atom. The van der Waals surface area contributed by atoms with Crippen LogP contribution >= 0.6 is 0 Å². The molecule has 1 atom stereocenters. The first-order chi connectivity index (χ1) is 6.34. The lowest BCUT2D eigenvalue weighted by molar-refractivity contribution is 0.199. The Balaban J connectivity index is 1.87.